The van der Waals surface area contributed by atoms with Gasteiger partial charge in [-0.2, -0.15) is 0 Å². The highest BCUT2D eigenvalue weighted by Crippen LogP contribution is 2.22. The first-order valence-corrected chi connectivity index (χ1v) is 7.30. The van der Waals surface area contributed by atoms with Crippen molar-refractivity contribution in [2.24, 2.45) is 0 Å². The van der Waals surface area contributed by atoms with Crippen molar-refractivity contribution in [2.45, 2.75) is 13.0 Å². The van der Waals surface area contributed by atoms with Crippen molar-refractivity contribution in [3.63, 3.8) is 0 Å². The van der Waals surface area contributed by atoms with E-state index in [1.165, 1.54) is 12.1 Å². The van der Waals surface area contributed by atoms with Gasteiger partial charge in [0, 0.05) is 37.6 Å². The maximum absolute atomic E-state index is 13.5. The van der Waals surface area contributed by atoms with Crippen molar-refractivity contribution >= 4 is 5.91 Å². The topological polar surface area (TPSA) is 52.2 Å². The first kappa shape index (κ1) is 14.7. The number of rotatable bonds is 2. The molecule has 0 aliphatic carbocycles. The van der Waals surface area contributed by atoms with E-state index in [4.69, 9.17) is 0 Å². The summed E-state index contributed by atoms with van der Waals surface area (Å²) in [6.45, 7) is 3.71. The second-order valence-electron chi connectivity index (χ2n) is 5.74. The maximum Gasteiger partial charge on any atom is 0.254 e. The van der Waals surface area contributed by atoms with Gasteiger partial charge < -0.3 is 9.88 Å². The van der Waals surface area contributed by atoms with Crippen LogP contribution in [0.2, 0.25) is 0 Å². The van der Waals surface area contributed by atoms with E-state index < -0.39 is 0 Å². The van der Waals surface area contributed by atoms with E-state index in [0.29, 0.717) is 18.7 Å². The highest BCUT2D eigenvalue weighted by Gasteiger charge is 2.30. The lowest BCUT2D eigenvalue weighted by molar-refractivity contribution is 0.0534. The predicted molar refractivity (Wildman–Crippen MR) is 81.0 cm³/mol. The van der Waals surface area contributed by atoms with E-state index in [-0.39, 0.29) is 17.8 Å². The van der Waals surface area contributed by atoms with Crippen LogP contribution in [0.15, 0.2) is 30.6 Å². The van der Waals surface area contributed by atoms with Gasteiger partial charge in [-0.3, -0.25) is 9.69 Å². The number of aryl methyl sites for hydroxylation is 1. The summed E-state index contributed by atoms with van der Waals surface area (Å²) in [6, 6.07) is 4.48. The van der Waals surface area contributed by atoms with Crippen LogP contribution in [0.25, 0.3) is 0 Å². The Labute approximate surface area is 128 Å². The van der Waals surface area contributed by atoms with Gasteiger partial charge in [0.05, 0.1) is 6.04 Å². The summed E-state index contributed by atoms with van der Waals surface area (Å²) in [5.41, 5.74) is 1.15. The van der Waals surface area contributed by atoms with Crippen LogP contribution in [0.3, 0.4) is 0 Å². The van der Waals surface area contributed by atoms with Gasteiger partial charge in [-0.25, -0.2) is 9.37 Å². The van der Waals surface area contributed by atoms with E-state index in [1.807, 2.05) is 7.05 Å². The van der Waals surface area contributed by atoms with Crippen LogP contribution in [0.1, 0.15) is 27.8 Å². The quantitative estimate of drug-likeness (QED) is 0.923. The monoisotopic (exact) mass is 302 g/mol. The van der Waals surface area contributed by atoms with E-state index in [0.717, 1.165) is 17.9 Å². The Hall–Kier alpha value is -2.21. The lowest BCUT2D eigenvalue weighted by Crippen LogP contribution is -2.49. The summed E-state index contributed by atoms with van der Waals surface area (Å²) < 4.78 is 13.5. The zero-order valence-corrected chi connectivity index (χ0v) is 12.7. The predicted octanol–water partition coefficient (Wildman–Crippen LogP) is 1.99. The molecule has 0 bridgehead atoms. The molecule has 1 aliphatic heterocycles. The van der Waals surface area contributed by atoms with Crippen LogP contribution < -0.4 is 0 Å². The van der Waals surface area contributed by atoms with Gasteiger partial charge in [-0.1, -0.05) is 0 Å². The Morgan fingerprint density at radius 2 is 2.18 bits per heavy atom. The number of hydrogen-bond acceptors (Lipinski definition) is 3. The maximum atomic E-state index is 13.5. The Morgan fingerprint density at radius 1 is 1.36 bits per heavy atom. The van der Waals surface area contributed by atoms with Crippen LogP contribution >= 0.6 is 0 Å². The number of benzene rings is 1. The van der Waals surface area contributed by atoms with Crippen LogP contribution in [0.5, 0.6) is 0 Å². The molecule has 2 aromatic rings. The fourth-order valence-corrected chi connectivity index (χ4v) is 2.86. The third-order valence-electron chi connectivity index (χ3n) is 4.06. The molecule has 0 radical (unpaired) electrons. The number of carbonyl (C=O) groups is 1. The molecule has 1 amide bonds. The summed E-state index contributed by atoms with van der Waals surface area (Å²) in [4.78, 5) is 24.0. The van der Waals surface area contributed by atoms with Gasteiger partial charge in [0.15, 0.2) is 0 Å². The molecule has 0 saturated carbocycles. The number of hydrogen-bond donors (Lipinski definition) is 1. The highest BCUT2D eigenvalue weighted by molar-refractivity contribution is 5.94. The molecule has 2 heterocycles. The zero-order valence-electron chi connectivity index (χ0n) is 12.7. The minimum atomic E-state index is -0.375. The fourth-order valence-electron chi connectivity index (χ4n) is 2.86. The molecule has 1 unspecified atom stereocenters. The first-order valence-electron chi connectivity index (χ1n) is 7.30. The summed E-state index contributed by atoms with van der Waals surface area (Å²) in [5.74, 6) is 0.336. The Bertz CT molecular complexity index is 651. The van der Waals surface area contributed by atoms with E-state index >= 15 is 0 Å². The van der Waals surface area contributed by atoms with Gasteiger partial charge in [0.1, 0.15) is 11.6 Å². The van der Waals surface area contributed by atoms with E-state index in [2.05, 4.69) is 14.9 Å². The number of carbonyl (C=O) groups excluding carboxylic acids is 1. The van der Waals surface area contributed by atoms with Gasteiger partial charge in [0.25, 0.3) is 5.91 Å². The van der Waals surface area contributed by atoms with E-state index in [9.17, 15) is 9.18 Å². The minimum Gasteiger partial charge on any atom is -0.347 e. The average Bonchev–Trinajstić information content (AvgIpc) is 3.00. The summed E-state index contributed by atoms with van der Waals surface area (Å²) >= 11 is 0. The fraction of sp³-hybridized carbons (Fsp3) is 0.375. The number of piperazine rings is 1. The van der Waals surface area contributed by atoms with Crippen LogP contribution in [0.4, 0.5) is 4.39 Å². The van der Waals surface area contributed by atoms with Crippen molar-refractivity contribution in [2.75, 3.05) is 26.7 Å². The summed E-state index contributed by atoms with van der Waals surface area (Å²) in [7, 11) is 2.02. The minimum absolute atomic E-state index is 0.0300. The molecule has 3 rings (SSSR count). The average molecular weight is 302 g/mol. The van der Waals surface area contributed by atoms with Gasteiger partial charge in [-0.05, 0) is 37.7 Å². The molecule has 1 N–H and O–H groups in total. The van der Waals surface area contributed by atoms with Crippen molar-refractivity contribution in [3.05, 3.63) is 53.4 Å². The molecule has 1 aliphatic rings. The lowest BCUT2D eigenvalue weighted by Gasteiger charge is -2.38. The normalized spacial score (nSPS) is 19.4. The Kier molecular flexibility index (Phi) is 3.94. The van der Waals surface area contributed by atoms with E-state index in [1.54, 1.807) is 30.3 Å². The smallest absolute Gasteiger partial charge is 0.254 e. The number of imidazole rings is 1. The molecular weight excluding hydrogens is 283 g/mol. The molecule has 6 heteroatoms. The number of aromatic nitrogens is 2. The number of aromatic amines is 1. The van der Waals surface area contributed by atoms with Gasteiger partial charge >= 0.3 is 0 Å². The number of amides is 1. The first-order chi connectivity index (χ1) is 10.5. The van der Waals surface area contributed by atoms with Crippen molar-refractivity contribution < 1.29 is 9.18 Å². The second kappa shape index (κ2) is 5.88. The third-order valence-corrected chi connectivity index (χ3v) is 4.06. The molecule has 1 fully saturated rings. The molecule has 1 saturated heterocycles. The largest absolute Gasteiger partial charge is 0.347 e. The van der Waals surface area contributed by atoms with Gasteiger partial charge in [-0.15, -0.1) is 0 Å². The summed E-state index contributed by atoms with van der Waals surface area (Å²) in [5, 5.41) is 0. The van der Waals surface area contributed by atoms with Crippen LogP contribution in [-0.4, -0.2) is 52.4 Å². The zero-order chi connectivity index (χ0) is 15.7. The van der Waals surface area contributed by atoms with Gasteiger partial charge in [0.2, 0.25) is 0 Å². The second-order valence-corrected chi connectivity index (χ2v) is 5.74. The molecule has 1 atom stereocenters. The molecule has 0 spiro atoms. The molecule has 1 aromatic heterocycles. The molecule has 116 valence electrons. The molecular formula is C16H19FN4O. The molecule has 1 aromatic carbocycles. The van der Waals surface area contributed by atoms with Crippen molar-refractivity contribution in [1.82, 2.24) is 19.8 Å². The highest BCUT2D eigenvalue weighted by atomic mass is 19.1. The number of nitrogens with one attached hydrogen (secondary N) is 1. The molecule has 5 nitrogen and oxygen atoms in total. The van der Waals surface area contributed by atoms with Crippen molar-refractivity contribution in [1.29, 1.82) is 0 Å². The molecule has 22 heavy (non-hydrogen) atoms. The number of H-pyrrole nitrogens is 1. The standard InChI is InChI=1S/C16H19FN4O/c1-11-7-12(9-13(17)8-11)16(22)21-6-5-20(2)14(10-21)15-18-3-4-19-15/h3-4,7-9,14H,5-6,10H2,1-2H3,(H,18,19). The Morgan fingerprint density at radius 3 is 2.86 bits per heavy atom. The lowest BCUT2D eigenvalue weighted by atomic mass is 10.1. The number of halogens is 1. The van der Waals surface area contributed by atoms with Crippen LogP contribution in [-0.2, 0) is 0 Å². The Balaban J connectivity index is 1.81. The summed E-state index contributed by atoms with van der Waals surface area (Å²) in [6.07, 6.45) is 3.49. The number of nitrogens with zero attached hydrogens (tertiary/aromatic N) is 3. The third kappa shape index (κ3) is 2.87. The van der Waals surface area contributed by atoms with Crippen LogP contribution in [0, 0.1) is 12.7 Å². The number of likely N-dealkylation sites (N-methyl/N-ethyl adjacent to an activating group) is 1. The van der Waals surface area contributed by atoms with Crippen molar-refractivity contribution in [3.8, 4) is 0 Å². The SMILES string of the molecule is Cc1cc(F)cc(C(=O)N2CCN(C)C(c3ncc[nH]3)C2)c1.